The number of likely N-dealkylation sites (N-methyl/N-ethyl adjacent to an activating group) is 1. The second kappa shape index (κ2) is 9.78. The summed E-state index contributed by atoms with van der Waals surface area (Å²) in [5, 5.41) is 2.80. The highest BCUT2D eigenvalue weighted by atomic mass is 16.5. The molecule has 0 aliphatic heterocycles. The van der Waals surface area contributed by atoms with Crippen molar-refractivity contribution < 1.29 is 19.1 Å². The highest BCUT2D eigenvalue weighted by Gasteiger charge is 2.16. The fourth-order valence-corrected chi connectivity index (χ4v) is 2.94. The van der Waals surface area contributed by atoms with E-state index >= 15 is 0 Å². The first kappa shape index (κ1) is 21.3. The number of hydrogen-bond acceptors (Lipinski definition) is 4. The molecule has 2 aromatic rings. The number of hydrogen-bond donors (Lipinski definition) is 1. The SMILES string of the molecule is CCOc1ccc(NC(=O)CN(C)C(=O)c2cc(C)cc(C)c2)cc1OCC. The van der Waals surface area contributed by atoms with Gasteiger partial charge in [-0.15, -0.1) is 0 Å². The first-order chi connectivity index (χ1) is 13.3. The van der Waals surface area contributed by atoms with Crippen LogP contribution < -0.4 is 14.8 Å². The minimum atomic E-state index is -0.285. The quantitative estimate of drug-likeness (QED) is 0.751. The molecule has 0 saturated heterocycles. The van der Waals surface area contributed by atoms with Gasteiger partial charge in [-0.05, 0) is 52.0 Å². The fourth-order valence-electron chi connectivity index (χ4n) is 2.94. The number of anilines is 1. The van der Waals surface area contributed by atoms with E-state index < -0.39 is 0 Å². The van der Waals surface area contributed by atoms with Crippen molar-refractivity contribution in [1.82, 2.24) is 4.90 Å². The van der Waals surface area contributed by atoms with E-state index in [2.05, 4.69) is 5.32 Å². The van der Waals surface area contributed by atoms with E-state index in [0.29, 0.717) is 36.0 Å². The molecule has 0 unspecified atom stereocenters. The van der Waals surface area contributed by atoms with Crippen molar-refractivity contribution >= 4 is 17.5 Å². The molecule has 0 atom stereocenters. The van der Waals surface area contributed by atoms with Gasteiger partial charge in [0, 0.05) is 24.4 Å². The first-order valence-electron chi connectivity index (χ1n) is 9.37. The lowest BCUT2D eigenvalue weighted by molar-refractivity contribution is -0.116. The largest absolute Gasteiger partial charge is 0.490 e. The van der Waals surface area contributed by atoms with Gasteiger partial charge in [0.15, 0.2) is 11.5 Å². The zero-order chi connectivity index (χ0) is 20.7. The molecule has 0 fully saturated rings. The summed E-state index contributed by atoms with van der Waals surface area (Å²) in [4.78, 5) is 26.4. The van der Waals surface area contributed by atoms with Gasteiger partial charge < -0.3 is 19.7 Å². The van der Waals surface area contributed by atoms with Gasteiger partial charge in [0.25, 0.3) is 5.91 Å². The molecule has 150 valence electrons. The Labute approximate surface area is 166 Å². The van der Waals surface area contributed by atoms with Crippen LogP contribution >= 0.6 is 0 Å². The standard InChI is InChI=1S/C22H28N2O4/c1-6-27-19-9-8-18(13-20(19)28-7-2)23-21(25)14-24(5)22(26)17-11-15(3)10-16(4)12-17/h8-13H,6-7,14H2,1-5H3,(H,23,25). The van der Waals surface area contributed by atoms with Gasteiger partial charge in [-0.1, -0.05) is 17.2 Å². The van der Waals surface area contributed by atoms with Crippen molar-refractivity contribution in [1.29, 1.82) is 0 Å². The third-order valence-corrected chi connectivity index (χ3v) is 4.02. The van der Waals surface area contributed by atoms with E-state index in [1.807, 2.05) is 45.9 Å². The summed E-state index contributed by atoms with van der Waals surface area (Å²) >= 11 is 0. The number of rotatable bonds is 8. The Balaban J connectivity index is 2.04. The van der Waals surface area contributed by atoms with Crippen molar-refractivity contribution in [2.45, 2.75) is 27.7 Å². The van der Waals surface area contributed by atoms with E-state index in [1.165, 1.54) is 4.90 Å². The van der Waals surface area contributed by atoms with E-state index in [1.54, 1.807) is 25.2 Å². The molecule has 1 N–H and O–H groups in total. The van der Waals surface area contributed by atoms with Crippen LogP contribution in [0.15, 0.2) is 36.4 Å². The van der Waals surface area contributed by atoms with Crippen LogP contribution in [0.5, 0.6) is 11.5 Å². The highest BCUT2D eigenvalue weighted by molar-refractivity contribution is 5.99. The lowest BCUT2D eigenvalue weighted by atomic mass is 10.1. The van der Waals surface area contributed by atoms with Crippen molar-refractivity contribution in [3.05, 3.63) is 53.1 Å². The molecule has 0 aromatic heterocycles. The van der Waals surface area contributed by atoms with Crippen LogP contribution in [0.4, 0.5) is 5.69 Å². The maximum Gasteiger partial charge on any atom is 0.254 e. The Morgan fingerprint density at radius 2 is 1.54 bits per heavy atom. The van der Waals surface area contributed by atoms with Gasteiger partial charge >= 0.3 is 0 Å². The minimum absolute atomic E-state index is 0.0526. The number of nitrogens with zero attached hydrogens (tertiary/aromatic N) is 1. The van der Waals surface area contributed by atoms with Gasteiger partial charge in [0.2, 0.25) is 5.91 Å². The van der Waals surface area contributed by atoms with Gasteiger partial charge in [0.1, 0.15) is 0 Å². The molecule has 0 radical (unpaired) electrons. The Morgan fingerprint density at radius 1 is 0.929 bits per heavy atom. The monoisotopic (exact) mass is 384 g/mol. The van der Waals surface area contributed by atoms with E-state index in [4.69, 9.17) is 9.47 Å². The van der Waals surface area contributed by atoms with Crippen LogP contribution in [0.25, 0.3) is 0 Å². The van der Waals surface area contributed by atoms with Gasteiger partial charge in [-0.3, -0.25) is 9.59 Å². The normalized spacial score (nSPS) is 10.3. The van der Waals surface area contributed by atoms with Crippen LogP contribution in [-0.2, 0) is 4.79 Å². The van der Waals surface area contributed by atoms with Gasteiger partial charge in [0.05, 0.1) is 19.8 Å². The summed E-state index contributed by atoms with van der Waals surface area (Å²) < 4.78 is 11.1. The highest BCUT2D eigenvalue weighted by Crippen LogP contribution is 2.30. The molecular weight excluding hydrogens is 356 g/mol. The molecule has 0 aliphatic carbocycles. The molecule has 6 heteroatoms. The second-order valence-corrected chi connectivity index (χ2v) is 6.61. The molecule has 0 bridgehead atoms. The lowest BCUT2D eigenvalue weighted by Crippen LogP contribution is -2.35. The van der Waals surface area contributed by atoms with Gasteiger partial charge in [-0.2, -0.15) is 0 Å². The summed E-state index contributed by atoms with van der Waals surface area (Å²) in [6.45, 7) is 8.63. The topological polar surface area (TPSA) is 67.9 Å². The third-order valence-electron chi connectivity index (χ3n) is 4.02. The smallest absolute Gasteiger partial charge is 0.254 e. The Kier molecular flexibility index (Phi) is 7.44. The van der Waals surface area contributed by atoms with Crippen LogP contribution in [0, 0.1) is 13.8 Å². The zero-order valence-electron chi connectivity index (χ0n) is 17.2. The number of carbonyl (C=O) groups excluding carboxylic acids is 2. The molecule has 0 spiro atoms. The number of amides is 2. The maximum atomic E-state index is 12.6. The van der Waals surface area contributed by atoms with Crippen molar-refractivity contribution in [3.8, 4) is 11.5 Å². The molecule has 2 amide bonds. The number of nitrogens with one attached hydrogen (secondary N) is 1. The van der Waals surface area contributed by atoms with Crippen LogP contribution in [0.1, 0.15) is 35.3 Å². The molecule has 6 nitrogen and oxygen atoms in total. The van der Waals surface area contributed by atoms with E-state index in [9.17, 15) is 9.59 Å². The minimum Gasteiger partial charge on any atom is -0.490 e. The van der Waals surface area contributed by atoms with Gasteiger partial charge in [-0.25, -0.2) is 0 Å². The lowest BCUT2D eigenvalue weighted by Gasteiger charge is -2.18. The molecule has 0 heterocycles. The van der Waals surface area contributed by atoms with E-state index in [0.717, 1.165) is 11.1 Å². The van der Waals surface area contributed by atoms with E-state index in [-0.39, 0.29) is 18.4 Å². The summed E-state index contributed by atoms with van der Waals surface area (Å²) in [7, 11) is 1.61. The summed E-state index contributed by atoms with van der Waals surface area (Å²) in [6.07, 6.45) is 0. The number of aryl methyl sites for hydroxylation is 2. The molecule has 28 heavy (non-hydrogen) atoms. The number of carbonyl (C=O) groups is 2. The molecule has 2 aromatic carbocycles. The average Bonchev–Trinajstić information content (AvgIpc) is 2.62. The van der Waals surface area contributed by atoms with Crippen molar-refractivity contribution in [2.24, 2.45) is 0 Å². The second-order valence-electron chi connectivity index (χ2n) is 6.61. The maximum absolute atomic E-state index is 12.6. The third kappa shape index (κ3) is 5.74. The predicted octanol–water partition coefficient (Wildman–Crippen LogP) is 3.81. The van der Waals surface area contributed by atoms with Crippen molar-refractivity contribution in [3.63, 3.8) is 0 Å². The fraction of sp³-hybridized carbons (Fsp3) is 0.364. The summed E-state index contributed by atoms with van der Waals surface area (Å²) in [6, 6.07) is 10.9. The Bertz CT molecular complexity index is 828. The molecule has 2 rings (SSSR count). The molecule has 0 saturated carbocycles. The predicted molar refractivity (Wildman–Crippen MR) is 110 cm³/mol. The van der Waals surface area contributed by atoms with Crippen LogP contribution in [-0.4, -0.2) is 43.5 Å². The van der Waals surface area contributed by atoms with Crippen LogP contribution in [0.2, 0.25) is 0 Å². The zero-order valence-corrected chi connectivity index (χ0v) is 17.2. The number of ether oxygens (including phenoxy) is 2. The van der Waals surface area contributed by atoms with Crippen LogP contribution in [0.3, 0.4) is 0 Å². The van der Waals surface area contributed by atoms with Crippen molar-refractivity contribution in [2.75, 3.05) is 32.1 Å². The molecule has 0 aliphatic rings. The Hall–Kier alpha value is -3.02. The summed E-state index contributed by atoms with van der Waals surface area (Å²) in [5.41, 5.74) is 3.19. The number of benzene rings is 2. The Morgan fingerprint density at radius 3 is 2.14 bits per heavy atom. The average molecular weight is 384 g/mol. The summed E-state index contributed by atoms with van der Waals surface area (Å²) in [5.74, 6) is 0.724. The molecular formula is C22H28N2O4. The first-order valence-corrected chi connectivity index (χ1v) is 9.37.